The van der Waals surface area contributed by atoms with E-state index in [1.807, 2.05) is 0 Å². The second-order valence-electron chi connectivity index (χ2n) is 5.68. The van der Waals surface area contributed by atoms with E-state index in [1.165, 1.54) is 32.0 Å². The average Bonchev–Trinajstić information content (AvgIpc) is 2.57. The number of benzene rings is 2. The molecule has 0 spiro atoms. The number of rotatable bonds is 6. The Morgan fingerprint density at radius 3 is 2.23 bits per heavy atom. The number of amides is 1. The molecule has 0 saturated carbocycles. The SMILES string of the molecule is C[C@H](NS(=O)(=O)c1ccccc1F)C(=O)N[C@@H](C)c1ccc(F)c(F)c1. The van der Waals surface area contributed by atoms with Crippen LogP contribution in [0.15, 0.2) is 47.4 Å². The third-order valence-corrected chi connectivity index (χ3v) is 5.23. The molecule has 0 fully saturated rings. The van der Waals surface area contributed by atoms with Crippen molar-refractivity contribution in [3.8, 4) is 0 Å². The Kier molecular flexibility index (Phi) is 6.04. The van der Waals surface area contributed by atoms with Crippen molar-refractivity contribution in [1.29, 1.82) is 0 Å². The van der Waals surface area contributed by atoms with Gasteiger partial charge in [-0.2, -0.15) is 4.72 Å². The number of carbonyl (C=O) groups is 1. The number of nitrogens with one attached hydrogen (secondary N) is 2. The molecular weight excluding hydrogens is 369 g/mol. The van der Waals surface area contributed by atoms with E-state index in [2.05, 4.69) is 10.0 Å². The normalized spacial score (nSPS) is 13.9. The van der Waals surface area contributed by atoms with Crippen LogP contribution in [0, 0.1) is 17.5 Å². The fraction of sp³-hybridized carbons (Fsp3) is 0.235. The van der Waals surface area contributed by atoms with Gasteiger partial charge in [-0.1, -0.05) is 18.2 Å². The molecule has 9 heteroatoms. The summed E-state index contributed by atoms with van der Waals surface area (Å²) >= 11 is 0. The summed E-state index contributed by atoms with van der Waals surface area (Å²) in [6, 6.07) is 6.02. The van der Waals surface area contributed by atoms with Crippen LogP contribution in [0.4, 0.5) is 13.2 Å². The molecule has 1 amide bonds. The smallest absolute Gasteiger partial charge is 0.244 e. The topological polar surface area (TPSA) is 75.3 Å². The Balaban J connectivity index is 2.07. The van der Waals surface area contributed by atoms with E-state index in [0.29, 0.717) is 5.56 Å². The summed E-state index contributed by atoms with van der Waals surface area (Å²) < 4.78 is 66.3. The summed E-state index contributed by atoms with van der Waals surface area (Å²) in [6.45, 7) is 2.81. The molecule has 2 N–H and O–H groups in total. The zero-order chi connectivity index (χ0) is 19.5. The molecule has 0 saturated heterocycles. The number of halogens is 3. The Bertz CT molecular complexity index is 919. The van der Waals surface area contributed by atoms with Gasteiger partial charge in [0.1, 0.15) is 10.7 Å². The zero-order valence-corrected chi connectivity index (χ0v) is 14.8. The average molecular weight is 386 g/mol. The molecule has 0 unspecified atom stereocenters. The van der Waals surface area contributed by atoms with Crippen LogP contribution in [0.25, 0.3) is 0 Å². The molecule has 0 aromatic heterocycles. The second-order valence-corrected chi connectivity index (χ2v) is 7.36. The molecule has 2 aromatic carbocycles. The Morgan fingerprint density at radius 1 is 0.962 bits per heavy atom. The largest absolute Gasteiger partial charge is 0.348 e. The predicted molar refractivity (Wildman–Crippen MR) is 89.1 cm³/mol. The fourth-order valence-corrected chi connectivity index (χ4v) is 3.50. The van der Waals surface area contributed by atoms with E-state index in [1.54, 1.807) is 0 Å². The van der Waals surface area contributed by atoms with E-state index in [0.717, 1.165) is 24.3 Å². The van der Waals surface area contributed by atoms with E-state index in [4.69, 9.17) is 0 Å². The van der Waals surface area contributed by atoms with Gasteiger partial charge in [-0.05, 0) is 43.7 Å². The maximum Gasteiger partial charge on any atom is 0.244 e. The maximum absolute atomic E-state index is 13.7. The minimum absolute atomic E-state index is 0.307. The molecule has 0 aliphatic rings. The first-order chi connectivity index (χ1) is 12.1. The summed E-state index contributed by atoms with van der Waals surface area (Å²) in [7, 11) is -4.24. The van der Waals surface area contributed by atoms with Crippen molar-refractivity contribution in [3.63, 3.8) is 0 Å². The first kappa shape index (κ1) is 19.9. The van der Waals surface area contributed by atoms with E-state index >= 15 is 0 Å². The molecule has 26 heavy (non-hydrogen) atoms. The molecule has 0 aliphatic carbocycles. The quantitative estimate of drug-likeness (QED) is 0.802. The highest BCUT2D eigenvalue weighted by Crippen LogP contribution is 2.17. The van der Waals surface area contributed by atoms with Crippen molar-refractivity contribution in [2.24, 2.45) is 0 Å². The van der Waals surface area contributed by atoms with Crippen LogP contribution >= 0.6 is 0 Å². The van der Waals surface area contributed by atoms with Gasteiger partial charge in [0.25, 0.3) is 0 Å². The van der Waals surface area contributed by atoms with E-state index in [9.17, 15) is 26.4 Å². The lowest BCUT2D eigenvalue weighted by Crippen LogP contribution is -2.45. The summed E-state index contributed by atoms with van der Waals surface area (Å²) in [5, 5.41) is 2.48. The molecule has 0 radical (unpaired) electrons. The first-order valence-corrected chi connectivity index (χ1v) is 9.12. The molecule has 0 heterocycles. The first-order valence-electron chi connectivity index (χ1n) is 7.64. The highest BCUT2D eigenvalue weighted by Gasteiger charge is 2.25. The standard InChI is InChI=1S/C17H17F3N2O3S/c1-10(12-7-8-13(18)15(20)9-12)21-17(23)11(2)22-26(24,25)16-6-4-3-5-14(16)19/h3-11,22H,1-2H3,(H,21,23)/t10-,11-/m0/s1. The highest BCUT2D eigenvalue weighted by molar-refractivity contribution is 7.89. The minimum Gasteiger partial charge on any atom is -0.348 e. The third kappa shape index (κ3) is 4.61. The van der Waals surface area contributed by atoms with Gasteiger partial charge in [0, 0.05) is 0 Å². The van der Waals surface area contributed by atoms with Crippen LogP contribution in [0.1, 0.15) is 25.5 Å². The van der Waals surface area contributed by atoms with Gasteiger partial charge in [-0.25, -0.2) is 21.6 Å². The molecule has 5 nitrogen and oxygen atoms in total. The van der Waals surface area contributed by atoms with Crippen molar-refractivity contribution in [2.45, 2.75) is 30.8 Å². The van der Waals surface area contributed by atoms with Crippen LogP contribution in [0.3, 0.4) is 0 Å². The van der Waals surface area contributed by atoms with Gasteiger partial charge in [0.05, 0.1) is 12.1 Å². The zero-order valence-electron chi connectivity index (χ0n) is 14.0. The van der Waals surface area contributed by atoms with E-state index < -0.39 is 50.4 Å². The van der Waals surface area contributed by atoms with Crippen molar-refractivity contribution in [2.75, 3.05) is 0 Å². The Morgan fingerprint density at radius 2 is 1.62 bits per heavy atom. The second kappa shape index (κ2) is 7.88. The predicted octanol–water partition coefficient (Wildman–Crippen LogP) is 2.65. The van der Waals surface area contributed by atoms with Gasteiger partial charge in [-0.15, -0.1) is 0 Å². The lowest BCUT2D eigenvalue weighted by Gasteiger charge is -2.19. The van der Waals surface area contributed by atoms with Crippen LogP contribution in [0.5, 0.6) is 0 Å². The van der Waals surface area contributed by atoms with Crippen molar-refractivity contribution >= 4 is 15.9 Å². The van der Waals surface area contributed by atoms with Gasteiger partial charge in [0.15, 0.2) is 11.6 Å². The van der Waals surface area contributed by atoms with Crippen LogP contribution in [-0.2, 0) is 14.8 Å². The molecule has 140 valence electrons. The molecule has 2 aromatic rings. The number of hydrogen-bond acceptors (Lipinski definition) is 3. The summed E-state index contributed by atoms with van der Waals surface area (Å²) in [5.74, 6) is -3.72. The van der Waals surface area contributed by atoms with Crippen LogP contribution in [-0.4, -0.2) is 20.4 Å². The fourth-order valence-electron chi connectivity index (χ4n) is 2.22. The van der Waals surface area contributed by atoms with Crippen LogP contribution < -0.4 is 10.0 Å². The number of carbonyl (C=O) groups excluding carboxylic acids is 1. The molecule has 2 rings (SSSR count). The Labute approximate surface area is 149 Å². The maximum atomic E-state index is 13.7. The van der Waals surface area contributed by atoms with Crippen molar-refractivity contribution < 1.29 is 26.4 Å². The van der Waals surface area contributed by atoms with Crippen molar-refractivity contribution in [1.82, 2.24) is 10.0 Å². The lowest BCUT2D eigenvalue weighted by molar-refractivity contribution is -0.123. The van der Waals surface area contributed by atoms with Gasteiger partial charge >= 0.3 is 0 Å². The summed E-state index contributed by atoms with van der Waals surface area (Å²) in [4.78, 5) is 11.6. The van der Waals surface area contributed by atoms with E-state index in [-0.39, 0.29) is 0 Å². The third-order valence-electron chi connectivity index (χ3n) is 3.65. The minimum atomic E-state index is -4.24. The molecule has 2 atom stereocenters. The molecular formula is C17H17F3N2O3S. The van der Waals surface area contributed by atoms with Gasteiger partial charge in [-0.3, -0.25) is 4.79 Å². The monoisotopic (exact) mass is 386 g/mol. The summed E-state index contributed by atoms with van der Waals surface area (Å²) in [6.07, 6.45) is 0. The highest BCUT2D eigenvalue weighted by atomic mass is 32.2. The van der Waals surface area contributed by atoms with Gasteiger partial charge < -0.3 is 5.32 Å². The Hall–Kier alpha value is -2.39. The number of sulfonamides is 1. The van der Waals surface area contributed by atoms with Crippen molar-refractivity contribution in [3.05, 3.63) is 65.5 Å². The lowest BCUT2D eigenvalue weighted by atomic mass is 10.1. The molecule has 0 bridgehead atoms. The summed E-state index contributed by atoms with van der Waals surface area (Å²) in [5.41, 5.74) is 0.307. The molecule has 0 aliphatic heterocycles. The van der Waals surface area contributed by atoms with Crippen LogP contribution in [0.2, 0.25) is 0 Å². The number of hydrogen-bond donors (Lipinski definition) is 2. The van der Waals surface area contributed by atoms with Gasteiger partial charge in [0.2, 0.25) is 15.9 Å².